The van der Waals surface area contributed by atoms with Gasteiger partial charge in [-0.2, -0.15) is 0 Å². The van der Waals surface area contributed by atoms with E-state index in [9.17, 15) is 18.0 Å². The van der Waals surface area contributed by atoms with Gasteiger partial charge in [-0.3, -0.25) is 13.9 Å². The van der Waals surface area contributed by atoms with Gasteiger partial charge in [-0.15, -0.1) is 0 Å². The van der Waals surface area contributed by atoms with E-state index in [2.05, 4.69) is 5.32 Å². The average Bonchev–Trinajstić information content (AvgIpc) is 2.78. The maximum Gasteiger partial charge on any atom is 0.328 e. The number of rotatable bonds is 3. The molecule has 0 aliphatic rings. The molecule has 0 unspecified atom stereocenters. The van der Waals surface area contributed by atoms with Crippen molar-refractivity contribution in [3.63, 3.8) is 0 Å². The van der Waals surface area contributed by atoms with Crippen molar-refractivity contribution in [1.82, 2.24) is 9.13 Å². The highest BCUT2D eigenvalue weighted by Gasteiger charge is 2.24. The first-order valence-electron chi connectivity index (χ1n) is 7.91. The molecule has 136 valence electrons. The Balaban J connectivity index is 2.35. The molecule has 7 nitrogen and oxygen atoms in total. The maximum absolute atomic E-state index is 13.1. The summed E-state index contributed by atoms with van der Waals surface area (Å²) in [6.45, 7) is 3.17. The number of aromatic nitrogens is 2. The van der Waals surface area contributed by atoms with E-state index in [4.69, 9.17) is 0 Å². The summed E-state index contributed by atoms with van der Waals surface area (Å²) < 4.78 is 29.1. The zero-order valence-electron chi connectivity index (χ0n) is 14.9. The van der Waals surface area contributed by atoms with Gasteiger partial charge in [-0.05, 0) is 31.2 Å². The Morgan fingerprint density at radius 3 is 2.08 bits per heavy atom. The third kappa shape index (κ3) is 2.82. The van der Waals surface area contributed by atoms with Crippen LogP contribution in [0.5, 0.6) is 0 Å². The molecule has 0 atom stereocenters. The Labute approximate surface area is 150 Å². The first-order valence-corrected chi connectivity index (χ1v) is 9.40. The molecular formula is C18H19N3O4S. The van der Waals surface area contributed by atoms with Crippen molar-refractivity contribution < 1.29 is 13.2 Å². The Bertz CT molecular complexity index is 1190. The molecule has 0 fully saturated rings. The fourth-order valence-corrected chi connectivity index (χ4v) is 4.29. The fraction of sp³-hybridized carbons (Fsp3) is 0.222. The first kappa shape index (κ1) is 17.9. The zero-order chi connectivity index (χ0) is 19.2. The smallest absolute Gasteiger partial charge is 0.325 e. The highest BCUT2D eigenvalue weighted by Crippen LogP contribution is 2.31. The van der Waals surface area contributed by atoms with Gasteiger partial charge in [-0.1, -0.05) is 17.7 Å². The van der Waals surface area contributed by atoms with Crippen LogP contribution in [0.2, 0.25) is 0 Å². The number of imidazole rings is 1. The number of sulfone groups is 1. The van der Waals surface area contributed by atoms with E-state index in [-0.39, 0.29) is 21.2 Å². The fourth-order valence-electron chi connectivity index (χ4n) is 2.88. The number of hydrogen-bond donors (Lipinski definition) is 1. The summed E-state index contributed by atoms with van der Waals surface area (Å²) in [5, 5.41) is 2.57. The summed E-state index contributed by atoms with van der Waals surface area (Å²) in [5.74, 6) is -0.398. The monoisotopic (exact) mass is 373 g/mol. The highest BCUT2D eigenvalue weighted by atomic mass is 32.2. The number of hydrogen-bond acceptors (Lipinski definition) is 4. The SMILES string of the molecule is CC(=O)Nc1cc2c(cc1S(=O)(=O)c1ccc(C)cc1)n(C)c(=O)n2C. The number of amides is 1. The van der Waals surface area contributed by atoms with E-state index in [1.807, 2.05) is 6.92 Å². The lowest BCUT2D eigenvalue weighted by molar-refractivity contribution is -0.114. The molecule has 3 aromatic rings. The van der Waals surface area contributed by atoms with E-state index in [0.29, 0.717) is 11.0 Å². The number of fused-ring (bicyclic) bond motifs is 1. The second kappa shape index (κ2) is 6.14. The van der Waals surface area contributed by atoms with E-state index in [1.54, 1.807) is 26.2 Å². The number of aryl methyl sites for hydroxylation is 3. The summed E-state index contributed by atoms with van der Waals surface area (Å²) in [5.41, 5.74) is 1.80. The molecule has 0 spiro atoms. The van der Waals surface area contributed by atoms with Crippen LogP contribution < -0.4 is 11.0 Å². The number of nitrogens with one attached hydrogen (secondary N) is 1. The van der Waals surface area contributed by atoms with Crippen molar-refractivity contribution in [2.24, 2.45) is 14.1 Å². The van der Waals surface area contributed by atoms with Gasteiger partial charge in [0.05, 0.1) is 26.5 Å². The second-order valence-corrected chi connectivity index (χ2v) is 8.15. The summed E-state index contributed by atoms with van der Waals surface area (Å²) >= 11 is 0. The molecule has 1 amide bonds. The number of anilines is 1. The van der Waals surface area contributed by atoms with Gasteiger partial charge in [0.25, 0.3) is 0 Å². The minimum absolute atomic E-state index is 0.0507. The molecule has 1 aromatic heterocycles. The molecule has 2 aromatic carbocycles. The average molecular weight is 373 g/mol. The van der Waals surface area contributed by atoms with Crippen LogP contribution in [0.25, 0.3) is 11.0 Å². The molecule has 0 radical (unpaired) electrons. The van der Waals surface area contributed by atoms with Crippen LogP contribution in [-0.4, -0.2) is 23.5 Å². The molecule has 0 bridgehead atoms. The minimum Gasteiger partial charge on any atom is -0.325 e. The van der Waals surface area contributed by atoms with Crippen molar-refractivity contribution in [2.75, 3.05) is 5.32 Å². The van der Waals surface area contributed by atoms with Crippen molar-refractivity contribution in [2.45, 2.75) is 23.6 Å². The molecule has 1 N–H and O–H groups in total. The summed E-state index contributed by atoms with van der Waals surface area (Å²) in [6.07, 6.45) is 0. The van der Waals surface area contributed by atoms with Crippen LogP contribution in [0.1, 0.15) is 12.5 Å². The number of benzene rings is 2. The van der Waals surface area contributed by atoms with Crippen molar-refractivity contribution in [3.8, 4) is 0 Å². The van der Waals surface area contributed by atoms with Gasteiger partial charge in [0.2, 0.25) is 15.7 Å². The lowest BCUT2D eigenvalue weighted by atomic mass is 10.2. The standard InChI is InChI=1S/C18H19N3O4S/c1-11-5-7-13(8-6-11)26(24,25)17-10-16-15(9-14(17)19-12(2)22)20(3)18(23)21(16)4/h5-10H,1-4H3,(H,19,22). The Kier molecular flexibility index (Phi) is 4.23. The van der Waals surface area contributed by atoms with Crippen LogP contribution in [0.4, 0.5) is 5.69 Å². The third-order valence-electron chi connectivity index (χ3n) is 4.30. The predicted molar refractivity (Wildman–Crippen MR) is 99.1 cm³/mol. The first-order chi connectivity index (χ1) is 12.1. The van der Waals surface area contributed by atoms with Crippen LogP contribution in [0.15, 0.2) is 51.0 Å². The molecule has 0 saturated heterocycles. The molecule has 0 saturated carbocycles. The quantitative estimate of drug-likeness (QED) is 0.760. The number of carbonyl (C=O) groups is 1. The Hall–Kier alpha value is -2.87. The van der Waals surface area contributed by atoms with Gasteiger partial charge in [0.15, 0.2) is 0 Å². The molecule has 8 heteroatoms. The van der Waals surface area contributed by atoms with Crippen LogP contribution in [0, 0.1) is 6.92 Å². The van der Waals surface area contributed by atoms with Gasteiger partial charge < -0.3 is 5.32 Å². The van der Waals surface area contributed by atoms with E-state index < -0.39 is 15.7 Å². The van der Waals surface area contributed by atoms with E-state index >= 15 is 0 Å². The van der Waals surface area contributed by atoms with Crippen LogP contribution in [0.3, 0.4) is 0 Å². The maximum atomic E-state index is 13.1. The lowest BCUT2D eigenvalue weighted by Crippen LogP contribution is -2.19. The number of carbonyl (C=O) groups excluding carboxylic acids is 1. The molecule has 3 rings (SSSR count). The topological polar surface area (TPSA) is 90.2 Å². The Morgan fingerprint density at radius 1 is 1.00 bits per heavy atom. The van der Waals surface area contributed by atoms with Gasteiger partial charge >= 0.3 is 5.69 Å². The summed E-state index contributed by atoms with van der Waals surface area (Å²) in [7, 11) is -0.715. The predicted octanol–water partition coefficient (Wildman–Crippen LogP) is 1.98. The highest BCUT2D eigenvalue weighted by molar-refractivity contribution is 7.91. The largest absolute Gasteiger partial charge is 0.328 e. The van der Waals surface area contributed by atoms with Crippen molar-refractivity contribution in [1.29, 1.82) is 0 Å². The second-order valence-electron chi connectivity index (χ2n) is 6.24. The lowest BCUT2D eigenvalue weighted by Gasteiger charge is -2.12. The third-order valence-corrected chi connectivity index (χ3v) is 6.11. The van der Waals surface area contributed by atoms with E-state index in [0.717, 1.165) is 5.56 Å². The van der Waals surface area contributed by atoms with Gasteiger partial charge in [0, 0.05) is 21.0 Å². The summed E-state index contributed by atoms with van der Waals surface area (Å²) in [4.78, 5) is 23.8. The number of nitrogens with zero attached hydrogens (tertiary/aromatic N) is 2. The van der Waals surface area contributed by atoms with Gasteiger partial charge in [0.1, 0.15) is 0 Å². The Morgan fingerprint density at radius 2 is 1.54 bits per heavy atom. The normalized spacial score (nSPS) is 11.7. The summed E-state index contributed by atoms with van der Waals surface area (Å²) in [6, 6.07) is 9.41. The minimum atomic E-state index is -3.88. The zero-order valence-corrected chi connectivity index (χ0v) is 15.7. The van der Waals surface area contributed by atoms with Crippen molar-refractivity contribution >= 4 is 32.5 Å². The molecular weight excluding hydrogens is 354 g/mol. The van der Waals surface area contributed by atoms with Gasteiger partial charge in [-0.25, -0.2) is 13.2 Å². The van der Waals surface area contributed by atoms with E-state index in [1.165, 1.54) is 40.3 Å². The molecule has 0 aliphatic carbocycles. The van der Waals surface area contributed by atoms with Crippen LogP contribution in [-0.2, 0) is 28.7 Å². The van der Waals surface area contributed by atoms with Crippen LogP contribution >= 0.6 is 0 Å². The molecule has 0 aliphatic heterocycles. The van der Waals surface area contributed by atoms with Crippen molar-refractivity contribution in [3.05, 3.63) is 52.4 Å². The molecule has 26 heavy (non-hydrogen) atoms. The molecule has 1 heterocycles.